The van der Waals surface area contributed by atoms with Gasteiger partial charge in [0.2, 0.25) is 0 Å². The van der Waals surface area contributed by atoms with Crippen LogP contribution in [0.4, 0.5) is 0 Å². The Balaban J connectivity index is 3.17. The highest BCUT2D eigenvalue weighted by molar-refractivity contribution is 5.99. The molecular weight excluding hydrogens is 216 g/mol. The number of carbonyl (C=O) groups excluding carboxylic acids is 1. The van der Waals surface area contributed by atoms with Crippen molar-refractivity contribution in [2.24, 2.45) is 0 Å². The van der Waals surface area contributed by atoms with Crippen molar-refractivity contribution in [1.82, 2.24) is 0 Å². The van der Waals surface area contributed by atoms with Crippen LogP contribution in [0.3, 0.4) is 0 Å². The number of ketones is 1. The Bertz CT molecular complexity index is 366. The maximum absolute atomic E-state index is 11.7. The molecule has 0 bridgehead atoms. The molecule has 1 aromatic rings. The van der Waals surface area contributed by atoms with Crippen LogP contribution in [0.1, 0.15) is 45.0 Å². The van der Waals surface area contributed by atoms with Gasteiger partial charge in [0.05, 0.1) is 12.2 Å². The fraction of sp³-hybridized carbons (Fsp3) is 0.500. The first-order chi connectivity index (χ1) is 7.91. The third-order valence-corrected chi connectivity index (χ3v) is 2.07. The van der Waals surface area contributed by atoms with Crippen molar-refractivity contribution in [1.29, 1.82) is 0 Å². The Morgan fingerprint density at radius 3 is 1.71 bits per heavy atom. The lowest BCUT2D eigenvalue weighted by Gasteiger charge is -2.17. The molecule has 0 aromatic heterocycles. The molecule has 0 amide bonds. The number of rotatable bonds is 5. The zero-order valence-corrected chi connectivity index (χ0v) is 11.1. The zero-order valence-electron chi connectivity index (χ0n) is 11.1. The summed E-state index contributed by atoms with van der Waals surface area (Å²) in [7, 11) is 0. The Hall–Kier alpha value is -1.51. The molecule has 0 heterocycles. The van der Waals surface area contributed by atoms with E-state index in [1.807, 2.05) is 33.8 Å². The Morgan fingerprint density at radius 2 is 1.41 bits per heavy atom. The summed E-state index contributed by atoms with van der Waals surface area (Å²) in [6, 6.07) is 5.43. The Kier molecular flexibility index (Phi) is 4.55. The van der Waals surface area contributed by atoms with Crippen LogP contribution >= 0.6 is 0 Å². The van der Waals surface area contributed by atoms with Crippen molar-refractivity contribution in [3.05, 3.63) is 23.8 Å². The van der Waals surface area contributed by atoms with E-state index >= 15 is 0 Å². The van der Waals surface area contributed by atoms with E-state index in [1.165, 1.54) is 6.92 Å². The van der Waals surface area contributed by atoms with E-state index in [0.29, 0.717) is 17.1 Å². The van der Waals surface area contributed by atoms with E-state index in [0.717, 1.165) is 0 Å². The number of ether oxygens (including phenoxy) is 2. The van der Waals surface area contributed by atoms with Gasteiger partial charge in [0.1, 0.15) is 17.1 Å². The van der Waals surface area contributed by atoms with Crippen molar-refractivity contribution < 1.29 is 14.3 Å². The van der Waals surface area contributed by atoms with E-state index in [4.69, 9.17) is 9.47 Å². The van der Waals surface area contributed by atoms with Crippen molar-refractivity contribution in [3.63, 3.8) is 0 Å². The Labute approximate surface area is 103 Å². The van der Waals surface area contributed by atoms with Crippen LogP contribution in [0.25, 0.3) is 0 Å². The van der Waals surface area contributed by atoms with E-state index in [1.54, 1.807) is 12.1 Å². The summed E-state index contributed by atoms with van der Waals surface area (Å²) in [5.41, 5.74) is 0.523. The van der Waals surface area contributed by atoms with Gasteiger partial charge in [-0.3, -0.25) is 4.79 Å². The van der Waals surface area contributed by atoms with Crippen LogP contribution < -0.4 is 9.47 Å². The minimum Gasteiger partial charge on any atom is -0.490 e. The minimum absolute atomic E-state index is 0.0300. The molecule has 1 rings (SSSR count). The van der Waals surface area contributed by atoms with E-state index < -0.39 is 0 Å². The minimum atomic E-state index is -0.0445. The highest BCUT2D eigenvalue weighted by atomic mass is 16.5. The maximum Gasteiger partial charge on any atom is 0.167 e. The first-order valence-electron chi connectivity index (χ1n) is 5.89. The van der Waals surface area contributed by atoms with Crippen LogP contribution in [0.15, 0.2) is 18.2 Å². The normalized spacial score (nSPS) is 10.8. The molecule has 1 aromatic carbocycles. The molecule has 17 heavy (non-hydrogen) atoms. The summed E-state index contributed by atoms with van der Waals surface area (Å²) < 4.78 is 11.3. The lowest BCUT2D eigenvalue weighted by molar-refractivity contribution is 0.100. The molecule has 3 heteroatoms. The summed E-state index contributed by atoms with van der Waals surface area (Å²) >= 11 is 0. The van der Waals surface area contributed by atoms with Gasteiger partial charge in [0, 0.05) is 0 Å². The lowest BCUT2D eigenvalue weighted by Crippen LogP contribution is -2.13. The molecule has 0 saturated carbocycles. The number of benzene rings is 1. The number of carbonyl (C=O) groups is 1. The van der Waals surface area contributed by atoms with Gasteiger partial charge < -0.3 is 9.47 Å². The number of hydrogen-bond donors (Lipinski definition) is 0. The van der Waals surface area contributed by atoms with Gasteiger partial charge in [0.25, 0.3) is 0 Å². The molecule has 3 nitrogen and oxygen atoms in total. The van der Waals surface area contributed by atoms with Gasteiger partial charge in [-0.15, -0.1) is 0 Å². The first kappa shape index (κ1) is 13.6. The number of Topliss-reactive ketones (excluding diaryl/α,β-unsaturated/α-hetero) is 1. The molecule has 0 N–H and O–H groups in total. The SMILES string of the molecule is CC(=O)c1c(OC(C)C)cccc1OC(C)C. The average molecular weight is 236 g/mol. The smallest absolute Gasteiger partial charge is 0.167 e. The van der Waals surface area contributed by atoms with Crippen molar-refractivity contribution in [3.8, 4) is 11.5 Å². The first-order valence-corrected chi connectivity index (χ1v) is 5.89. The summed E-state index contributed by atoms with van der Waals surface area (Å²) in [5, 5.41) is 0. The molecule has 0 aliphatic rings. The van der Waals surface area contributed by atoms with Crippen LogP contribution in [-0.2, 0) is 0 Å². The molecule has 0 unspecified atom stereocenters. The van der Waals surface area contributed by atoms with E-state index in [-0.39, 0.29) is 18.0 Å². The topological polar surface area (TPSA) is 35.5 Å². The van der Waals surface area contributed by atoms with Gasteiger partial charge in [-0.05, 0) is 46.8 Å². The molecule has 0 atom stereocenters. The lowest BCUT2D eigenvalue weighted by atomic mass is 10.1. The largest absolute Gasteiger partial charge is 0.490 e. The fourth-order valence-electron chi connectivity index (χ4n) is 1.56. The second-order valence-electron chi connectivity index (χ2n) is 4.52. The molecule has 94 valence electrons. The van der Waals surface area contributed by atoms with Crippen molar-refractivity contribution >= 4 is 5.78 Å². The predicted octanol–water partition coefficient (Wildman–Crippen LogP) is 3.46. The van der Waals surface area contributed by atoms with Crippen molar-refractivity contribution in [2.75, 3.05) is 0 Å². The third kappa shape index (κ3) is 3.77. The van der Waals surface area contributed by atoms with Gasteiger partial charge in [-0.1, -0.05) is 6.07 Å². The molecule has 0 radical (unpaired) electrons. The molecule has 0 aliphatic heterocycles. The Morgan fingerprint density at radius 1 is 1.00 bits per heavy atom. The monoisotopic (exact) mass is 236 g/mol. The summed E-state index contributed by atoms with van der Waals surface area (Å²) in [6.45, 7) is 9.25. The molecular formula is C14H20O3. The third-order valence-electron chi connectivity index (χ3n) is 2.07. The fourth-order valence-corrected chi connectivity index (χ4v) is 1.56. The summed E-state index contributed by atoms with van der Waals surface area (Å²) in [4.78, 5) is 11.7. The van der Waals surface area contributed by atoms with Gasteiger partial charge in [-0.2, -0.15) is 0 Å². The van der Waals surface area contributed by atoms with Crippen LogP contribution in [0, 0.1) is 0 Å². The zero-order chi connectivity index (χ0) is 13.0. The summed E-state index contributed by atoms with van der Waals surface area (Å²) in [5.74, 6) is 1.13. The molecule has 0 saturated heterocycles. The highest BCUT2D eigenvalue weighted by Crippen LogP contribution is 2.30. The highest BCUT2D eigenvalue weighted by Gasteiger charge is 2.16. The van der Waals surface area contributed by atoms with Gasteiger partial charge in [0.15, 0.2) is 5.78 Å². The van der Waals surface area contributed by atoms with Crippen LogP contribution in [0.5, 0.6) is 11.5 Å². The van der Waals surface area contributed by atoms with E-state index in [9.17, 15) is 4.79 Å². The average Bonchev–Trinajstić information content (AvgIpc) is 2.14. The van der Waals surface area contributed by atoms with Gasteiger partial charge >= 0.3 is 0 Å². The second-order valence-corrected chi connectivity index (χ2v) is 4.52. The standard InChI is InChI=1S/C14H20O3/c1-9(2)16-12-7-6-8-13(17-10(3)4)14(12)11(5)15/h6-10H,1-5H3. The molecule has 0 fully saturated rings. The second kappa shape index (κ2) is 5.71. The maximum atomic E-state index is 11.7. The van der Waals surface area contributed by atoms with Crippen LogP contribution in [-0.4, -0.2) is 18.0 Å². The summed E-state index contributed by atoms with van der Waals surface area (Å²) in [6.07, 6.45) is 0.0600. The molecule has 0 aliphatic carbocycles. The number of hydrogen-bond acceptors (Lipinski definition) is 3. The van der Waals surface area contributed by atoms with E-state index in [2.05, 4.69) is 0 Å². The molecule has 0 spiro atoms. The predicted molar refractivity (Wildman–Crippen MR) is 68.0 cm³/mol. The quantitative estimate of drug-likeness (QED) is 0.734. The van der Waals surface area contributed by atoms with Crippen molar-refractivity contribution in [2.45, 2.75) is 46.8 Å². The van der Waals surface area contributed by atoms with Crippen LogP contribution in [0.2, 0.25) is 0 Å². The van der Waals surface area contributed by atoms with Gasteiger partial charge in [-0.25, -0.2) is 0 Å².